The minimum Gasteiger partial charge on any atom is -0.497 e. The van der Waals surface area contributed by atoms with Gasteiger partial charge in [0.2, 0.25) is 0 Å². The fraction of sp³-hybridized carbons (Fsp3) is 0.235. The van der Waals surface area contributed by atoms with Gasteiger partial charge in [0.15, 0.2) is 5.96 Å². The molecule has 0 aromatic heterocycles. The average molecular weight is 445 g/mol. The van der Waals surface area contributed by atoms with Gasteiger partial charge in [-0.3, -0.25) is 0 Å². The summed E-state index contributed by atoms with van der Waals surface area (Å²) in [4.78, 5) is 4.22. The molecule has 0 bridgehead atoms. The number of benzene rings is 2. The summed E-state index contributed by atoms with van der Waals surface area (Å²) in [6.45, 7) is 2.19. The number of rotatable bonds is 6. The molecule has 0 aliphatic carbocycles. The molecular formula is C17H21FIN3O2. The Kier molecular flexibility index (Phi) is 8.31. The van der Waals surface area contributed by atoms with Crippen LogP contribution in [0.4, 0.5) is 10.1 Å². The Morgan fingerprint density at radius 1 is 1.21 bits per heavy atom. The summed E-state index contributed by atoms with van der Waals surface area (Å²) in [6, 6.07) is 13.4. The second-order valence-electron chi connectivity index (χ2n) is 4.97. The van der Waals surface area contributed by atoms with Gasteiger partial charge in [-0.1, -0.05) is 12.1 Å². The van der Waals surface area contributed by atoms with E-state index < -0.39 is 0 Å². The molecule has 0 heterocycles. The van der Waals surface area contributed by atoms with Crippen LogP contribution >= 0.6 is 24.0 Å². The number of anilines is 1. The fourth-order valence-corrected chi connectivity index (χ4v) is 1.93. The van der Waals surface area contributed by atoms with E-state index in [4.69, 9.17) is 15.2 Å². The Morgan fingerprint density at radius 3 is 2.62 bits per heavy atom. The zero-order valence-electron chi connectivity index (χ0n) is 13.5. The third-order valence-electron chi connectivity index (χ3n) is 2.99. The molecule has 24 heavy (non-hydrogen) atoms. The quantitative estimate of drug-likeness (QED) is 0.405. The van der Waals surface area contributed by atoms with Crippen LogP contribution in [-0.4, -0.2) is 25.7 Å². The van der Waals surface area contributed by atoms with Crippen LogP contribution in [0.25, 0.3) is 0 Å². The van der Waals surface area contributed by atoms with Crippen molar-refractivity contribution in [2.24, 2.45) is 10.7 Å². The highest BCUT2D eigenvalue weighted by atomic mass is 127. The maximum absolute atomic E-state index is 13.1. The standard InChI is InChI=1S/C17H20FN3O2.HI/c1-12(23-16-8-3-5-13(18)9-16)11-20-17(19)21-14-6-4-7-15(10-14)22-2;/h3-10,12H,11H2,1-2H3,(H3,19,20,21);1H. The molecule has 0 aliphatic heterocycles. The van der Waals surface area contributed by atoms with Gasteiger partial charge in [0.1, 0.15) is 23.4 Å². The highest BCUT2D eigenvalue weighted by molar-refractivity contribution is 14.0. The van der Waals surface area contributed by atoms with Crippen LogP contribution in [0, 0.1) is 5.82 Å². The van der Waals surface area contributed by atoms with E-state index in [1.54, 1.807) is 19.2 Å². The molecule has 0 saturated carbocycles. The maximum Gasteiger partial charge on any atom is 0.193 e. The molecule has 3 N–H and O–H groups in total. The van der Waals surface area contributed by atoms with E-state index in [1.165, 1.54) is 12.1 Å². The number of halogens is 2. The van der Waals surface area contributed by atoms with Crippen LogP contribution in [0.3, 0.4) is 0 Å². The number of hydrogen-bond donors (Lipinski definition) is 2. The summed E-state index contributed by atoms with van der Waals surface area (Å²) >= 11 is 0. The van der Waals surface area contributed by atoms with Gasteiger partial charge in [0.05, 0.1) is 13.7 Å². The lowest BCUT2D eigenvalue weighted by molar-refractivity contribution is 0.229. The van der Waals surface area contributed by atoms with Gasteiger partial charge in [-0.25, -0.2) is 9.38 Å². The van der Waals surface area contributed by atoms with Crippen molar-refractivity contribution < 1.29 is 13.9 Å². The zero-order chi connectivity index (χ0) is 16.7. The van der Waals surface area contributed by atoms with Gasteiger partial charge < -0.3 is 20.5 Å². The average Bonchev–Trinajstić information content (AvgIpc) is 2.53. The van der Waals surface area contributed by atoms with E-state index in [0.29, 0.717) is 12.3 Å². The summed E-state index contributed by atoms with van der Waals surface area (Å²) in [5.41, 5.74) is 6.63. The predicted molar refractivity (Wildman–Crippen MR) is 105 cm³/mol. The smallest absolute Gasteiger partial charge is 0.193 e. The van der Waals surface area contributed by atoms with Gasteiger partial charge >= 0.3 is 0 Å². The lowest BCUT2D eigenvalue weighted by Crippen LogP contribution is -2.25. The third-order valence-corrected chi connectivity index (χ3v) is 2.99. The minimum absolute atomic E-state index is 0. The molecule has 0 radical (unpaired) electrons. The molecule has 0 amide bonds. The molecule has 1 atom stereocenters. The van der Waals surface area contributed by atoms with Gasteiger partial charge in [-0.05, 0) is 31.2 Å². The minimum atomic E-state index is -0.336. The van der Waals surface area contributed by atoms with Crippen LogP contribution in [-0.2, 0) is 0 Å². The van der Waals surface area contributed by atoms with E-state index in [9.17, 15) is 4.39 Å². The van der Waals surface area contributed by atoms with Crippen LogP contribution in [0.5, 0.6) is 11.5 Å². The highest BCUT2D eigenvalue weighted by Crippen LogP contribution is 2.16. The number of nitrogens with zero attached hydrogens (tertiary/aromatic N) is 1. The molecule has 7 heteroatoms. The highest BCUT2D eigenvalue weighted by Gasteiger charge is 2.05. The number of methoxy groups -OCH3 is 1. The third kappa shape index (κ3) is 6.61. The first-order chi connectivity index (χ1) is 11.1. The van der Waals surface area contributed by atoms with Gasteiger partial charge in [-0.15, -0.1) is 24.0 Å². The number of aliphatic imine (C=N–C) groups is 1. The summed E-state index contributed by atoms with van der Waals surface area (Å²) in [5, 5.41) is 2.98. The van der Waals surface area contributed by atoms with Crippen LogP contribution < -0.4 is 20.5 Å². The van der Waals surface area contributed by atoms with Gasteiger partial charge in [0.25, 0.3) is 0 Å². The molecule has 0 fully saturated rings. The molecule has 2 rings (SSSR count). The van der Waals surface area contributed by atoms with Crippen LogP contribution in [0.2, 0.25) is 0 Å². The van der Waals surface area contributed by atoms with Crippen LogP contribution in [0.1, 0.15) is 6.92 Å². The van der Waals surface area contributed by atoms with Crippen molar-refractivity contribution in [2.45, 2.75) is 13.0 Å². The molecule has 2 aromatic carbocycles. The van der Waals surface area contributed by atoms with E-state index in [2.05, 4.69) is 10.3 Å². The van der Waals surface area contributed by atoms with E-state index in [1.807, 2.05) is 31.2 Å². The van der Waals surface area contributed by atoms with Crippen molar-refractivity contribution in [3.8, 4) is 11.5 Å². The molecule has 0 spiro atoms. The van der Waals surface area contributed by atoms with Crippen molar-refractivity contribution in [2.75, 3.05) is 19.0 Å². The van der Waals surface area contributed by atoms with Crippen molar-refractivity contribution in [1.82, 2.24) is 0 Å². The Balaban J connectivity index is 0.00000288. The van der Waals surface area contributed by atoms with Gasteiger partial charge in [-0.2, -0.15) is 0 Å². The van der Waals surface area contributed by atoms with Crippen LogP contribution in [0.15, 0.2) is 53.5 Å². The molecule has 1 unspecified atom stereocenters. The fourth-order valence-electron chi connectivity index (χ4n) is 1.93. The monoisotopic (exact) mass is 445 g/mol. The normalized spacial score (nSPS) is 12.0. The molecule has 5 nitrogen and oxygen atoms in total. The number of ether oxygens (including phenoxy) is 2. The number of nitrogens with two attached hydrogens (primary N) is 1. The first kappa shape index (κ1) is 20.0. The van der Waals surface area contributed by atoms with E-state index in [0.717, 1.165) is 11.4 Å². The lowest BCUT2D eigenvalue weighted by atomic mass is 10.3. The maximum atomic E-state index is 13.1. The molecular weight excluding hydrogens is 424 g/mol. The van der Waals surface area contributed by atoms with Crippen molar-refractivity contribution >= 4 is 35.6 Å². The summed E-state index contributed by atoms with van der Waals surface area (Å²) in [5.74, 6) is 1.13. The van der Waals surface area contributed by atoms with Crippen molar-refractivity contribution in [3.05, 3.63) is 54.3 Å². The SMILES string of the molecule is COc1cccc(NC(N)=NCC(C)Oc2cccc(F)c2)c1.I. The summed E-state index contributed by atoms with van der Waals surface area (Å²) in [6.07, 6.45) is -0.234. The lowest BCUT2D eigenvalue weighted by Gasteiger charge is -2.13. The van der Waals surface area contributed by atoms with Gasteiger partial charge in [0, 0.05) is 17.8 Å². The Morgan fingerprint density at radius 2 is 1.92 bits per heavy atom. The Labute approximate surface area is 158 Å². The summed E-state index contributed by atoms with van der Waals surface area (Å²) < 4.78 is 23.8. The first-order valence-corrected chi connectivity index (χ1v) is 7.20. The number of guanidine groups is 1. The van der Waals surface area contributed by atoms with Crippen molar-refractivity contribution in [3.63, 3.8) is 0 Å². The topological polar surface area (TPSA) is 68.9 Å². The Bertz CT molecular complexity index is 682. The predicted octanol–water partition coefficient (Wildman–Crippen LogP) is 3.65. The Hall–Kier alpha value is -2.03. The largest absolute Gasteiger partial charge is 0.497 e. The molecule has 2 aromatic rings. The van der Waals surface area contributed by atoms with E-state index >= 15 is 0 Å². The second-order valence-corrected chi connectivity index (χ2v) is 4.97. The van der Waals surface area contributed by atoms with E-state index in [-0.39, 0.29) is 41.9 Å². The second kappa shape index (κ2) is 9.96. The summed E-state index contributed by atoms with van der Waals surface area (Å²) in [7, 11) is 1.60. The molecule has 130 valence electrons. The number of hydrogen-bond acceptors (Lipinski definition) is 3. The van der Waals surface area contributed by atoms with Crippen molar-refractivity contribution in [1.29, 1.82) is 0 Å². The number of nitrogens with one attached hydrogen (secondary N) is 1. The zero-order valence-corrected chi connectivity index (χ0v) is 15.9. The molecule has 0 aliphatic rings. The molecule has 0 saturated heterocycles. The first-order valence-electron chi connectivity index (χ1n) is 7.20.